The highest BCUT2D eigenvalue weighted by Crippen LogP contribution is 2.12. The minimum absolute atomic E-state index is 0. The van der Waals surface area contributed by atoms with Crippen molar-refractivity contribution in [2.45, 2.75) is 119 Å². The average molecular weight is 705 g/mol. The van der Waals surface area contributed by atoms with Gasteiger partial charge in [-0.25, -0.2) is 33.6 Å². The SMILES string of the molecule is CC(C)(C)OC(=O)OC(=O)OC(C)(C)C.CCOC(=O)C(N)C(=O)OCC.CCOC(=O)C(NC(=O)OC(C)(C)C)C(=O)OCC.Cl. The largest absolute Gasteiger partial charge is 0.519 e. The molecule has 0 heterocycles. The summed E-state index contributed by atoms with van der Waals surface area (Å²) in [7, 11) is 0. The highest BCUT2D eigenvalue weighted by Gasteiger charge is 2.33. The van der Waals surface area contributed by atoms with Crippen molar-refractivity contribution < 1.29 is 71.5 Å². The Hall–Kier alpha value is -3.86. The molecule has 0 bridgehead atoms. The summed E-state index contributed by atoms with van der Waals surface area (Å²) in [4.78, 5) is 78.3. The summed E-state index contributed by atoms with van der Waals surface area (Å²) in [6, 6.07) is -2.83. The molecule has 0 unspecified atom stereocenters. The molecule has 1 amide bonds. The first-order valence-electron chi connectivity index (χ1n) is 14.4. The first-order valence-corrected chi connectivity index (χ1v) is 14.4. The van der Waals surface area contributed by atoms with Crippen LogP contribution in [0, 0.1) is 0 Å². The van der Waals surface area contributed by atoms with Gasteiger partial charge in [-0.15, -0.1) is 12.4 Å². The zero-order valence-corrected chi connectivity index (χ0v) is 30.4. The highest BCUT2D eigenvalue weighted by molar-refractivity contribution is 6.01. The second-order valence-corrected chi connectivity index (χ2v) is 11.6. The van der Waals surface area contributed by atoms with Gasteiger partial charge in [-0.05, 0) is 90.0 Å². The third-order valence-corrected chi connectivity index (χ3v) is 3.73. The minimum atomic E-state index is -1.52. The zero-order valence-electron chi connectivity index (χ0n) is 29.6. The lowest BCUT2D eigenvalue weighted by Gasteiger charge is -2.22. The Kier molecular flexibility index (Phi) is 25.9. The summed E-state index contributed by atoms with van der Waals surface area (Å²) in [6.45, 7) is 22.0. The van der Waals surface area contributed by atoms with E-state index >= 15 is 0 Å². The number of ether oxygens (including phenoxy) is 8. The molecular weight excluding hydrogens is 652 g/mol. The quantitative estimate of drug-likeness (QED) is 0.198. The second-order valence-electron chi connectivity index (χ2n) is 11.6. The van der Waals surface area contributed by atoms with Gasteiger partial charge >= 0.3 is 42.3 Å². The van der Waals surface area contributed by atoms with Gasteiger partial charge in [0.15, 0.2) is 0 Å². The van der Waals surface area contributed by atoms with Gasteiger partial charge in [0.2, 0.25) is 12.1 Å². The topological polar surface area (TPSA) is 231 Å². The number of carbonyl (C=O) groups excluding carboxylic acids is 7. The molecule has 276 valence electrons. The third-order valence-electron chi connectivity index (χ3n) is 3.73. The molecule has 0 aromatic rings. The Labute approximate surface area is 282 Å². The molecule has 0 radical (unpaired) electrons. The summed E-state index contributed by atoms with van der Waals surface area (Å²) < 4.78 is 37.2. The fraction of sp³-hybridized carbons (Fsp3) is 0.759. The van der Waals surface area contributed by atoms with Crippen LogP contribution in [0.2, 0.25) is 0 Å². The summed E-state index contributed by atoms with van der Waals surface area (Å²) in [5.74, 6) is -3.27. The molecule has 0 fully saturated rings. The predicted octanol–water partition coefficient (Wildman–Crippen LogP) is 3.74. The van der Waals surface area contributed by atoms with Crippen molar-refractivity contribution in [1.82, 2.24) is 5.32 Å². The van der Waals surface area contributed by atoms with Crippen LogP contribution in [0.5, 0.6) is 0 Å². The predicted molar refractivity (Wildman–Crippen MR) is 168 cm³/mol. The molecular formula is C29H53ClN2O15. The van der Waals surface area contributed by atoms with Gasteiger partial charge in [0.05, 0.1) is 26.4 Å². The normalized spacial score (nSPS) is 10.6. The van der Waals surface area contributed by atoms with Crippen LogP contribution in [0.4, 0.5) is 14.4 Å². The smallest absolute Gasteiger partial charge is 0.464 e. The lowest BCUT2D eigenvalue weighted by Crippen LogP contribution is -2.49. The summed E-state index contributed by atoms with van der Waals surface area (Å²) in [6.07, 6.45) is -3.01. The van der Waals surface area contributed by atoms with Gasteiger partial charge in [0, 0.05) is 0 Å². The van der Waals surface area contributed by atoms with Crippen molar-refractivity contribution in [3.8, 4) is 0 Å². The van der Waals surface area contributed by atoms with Gasteiger partial charge in [-0.3, -0.25) is 5.32 Å². The molecule has 3 N–H and O–H groups in total. The monoisotopic (exact) mass is 704 g/mol. The van der Waals surface area contributed by atoms with Crippen LogP contribution in [0.3, 0.4) is 0 Å². The lowest BCUT2D eigenvalue weighted by atomic mass is 10.2. The molecule has 0 atom stereocenters. The van der Waals surface area contributed by atoms with E-state index in [9.17, 15) is 33.6 Å². The first-order chi connectivity index (χ1) is 20.8. The van der Waals surface area contributed by atoms with Crippen LogP contribution >= 0.6 is 12.4 Å². The molecule has 0 aromatic carbocycles. The van der Waals surface area contributed by atoms with Crippen molar-refractivity contribution in [2.24, 2.45) is 5.73 Å². The molecule has 0 saturated carbocycles. The molecule has 47 heavy (non-hydrogen) atoms. The van der Waals surface area contributed by atoms with Crippen LogP contribution < -0.4 is 11.1 Å². The van der Waals surface area contributed by atoms with Crippen molar-refractivity contribution in [1.29, 1.82) is 0 Å². The van der Waals surface area contributed by atoms with Gasteiger partial charge in [0.1, 0.15) is 16.8 Å². The number of nitrogens with one attached hydrogen (secondary N) is 1. The molecule has 0 saturated heterocycles. The number of hydrogen-bond acceptors (Lipinski definition) is 16. The van der Waals surface area contributed by atoms with E-state index in [2.05, 4.69) is 19.5 Å². The highest BCUT2D eigenvalue weighted by atomic mass is 35.5. The Morgan fingerprint density at radius 1 is 0.532 bits per heavy atom. The maximum absolute atomic E-state index is 11.6. The lowest BCUT2D eigenvalue weighted by molar-refractivity contribution is -0.159. The Morgan fingerprint density at radius 2 is 0.809 bits per heavy atom. The number of halogens is 1. The zero-order chi connectivity index (χ0) is 36.9. The Balaban J connectivity index is -0.000000300. The molecule has 18 heteroatoms. The van der Waals surface area contributed by atoms with Gasteiger partial charge < -0.3 is 43.6 Å². The number of rotatable bonds is 9. The third kappa shape index (κ3) is 30.6. The van der Waals surface area contributed by atoms with E-state index < -0.39 is 71.2 Å². The molecule has 0 aliphatic carbocycles. The number of esters is 4. The molecule has 0 rings (SSSR count). The maximum atomic E-state index is 11.6. The average Bonchev–Trinajstić information content (AvgIpc) is 2.84. The standard InChI is InChI=1S/C12H21NO6.C10H18O5.C7H13NO4.ClH/c1-6-17-9(14)8(10(15)18-7-2)13-11(16)19-12(3,4)5;1-9(2,3)14-7(11)13-8(12)15-10(4,5)6;1-3-11-6(9)5(8)7(10)12-4-2;/h8H,6-7H2,1-5H3,(H,13,16);1-6H3;5H,3-4,8H2,1-2H3;1H. The van der Waals surface area contributed by atoms with E-state index in [0.717, 1.165) is 0 Å². The van der Waals surface area contributed by atoms with Crippen LogP contribution in [0.1, 0.15) is 90.0 Å². The number of amides is 1. The summed E-state index contributed by atoms with van der Waals surface area (Å²) in [5.41, 5.74) is 3.05. The number of alkyl carbamates (subject to hydrolysis) is 1. The second kappa shape index (κ2) is 24.3. The number of carbonyl (C=O) groups is 7. The molecule has 0 aromatic heterocycles. The fourth-order valence-corrected chi connectivity index (χ4v) is 2.26. The molecule has 0 aliphatic heterocycles. The summed E-state index contributed by atoms with van der Waals surface area (Å²) >= 11 is 0. The van der Waals surface area contributed by atoms with Crippen LogP contribution in [0.25, 0.3) is 0 Å². The number of hydrogen-bond donors (Lipinski definition) is 2. The summed E-state index contributed by atoms with van der Waals surface area (Å²) in [5, 5.41) is 2.13. The first kappa shape index (κ1) is 50.0. The van der Waals surface area contributed by atoms with E-state index in [1.165, 1.54) is 0 Å². The van der Waals surface area contributed by atoms with Crippen molar-refractivity contribution in [3.05, 3.63) is 0 Å². The van der Waals surface area contributed by atoms with Gasteiger partial charge in [0.25, 0.3) is 0 Å². The minimum Gasteiger partial charge on any atom is -0.464 e. The van der Waals surface area contributed by atoms with Crippen LogP contribution in [0.15, 0.2) is 0 Å². The van der Waals surface area contributed by atoms with E-state index in [0.29, 0.717) is 0 Å². The maximum Gasteiger partial charge on any atom is 0.519 e. The fourth-order valence-electron chi connectivity index (χ4n) is 2.26. The van der Waals surface area contributed by atoms with E-state index in [4.69, 9.17) is 29.4 Å². The van der Waals surface area contributed by atoms with Crippen LogP contribution in [-0.2, 0) is 57.1 Å². The van der Waals surface area contributed by atoms with E-state index in [-0.39, 0.29) is 38.8 Å². The number of nitrogens with two attached hydrogens (primary N) is 1. The van der Waals surface area contributed by atoms with E-state index in [1.807, 2.05) is 0 Å². The molecule has 0 spiro atoms. The Morgan fingerprint density at radius 3 is 1.06 bits per heavy atom. The molecule has 0 aliphatic rings. The van der Waals surface area contributed by atoms with Crippen molar-refractivity contribution >= 4 is 54.7 Å². The molecule has 17 nitrogen and oxygen atoms in total. The van der Waals surface area contributed by atoms with Gasteiger partial charge in [-0.1, -0.05) is 0 Å². The van der Waals surface area contributed by atoms with Crippen molar-refractivity contribution in [2.75, 3.05) is 26.4 Å². The van der Waals surface area contributed by atoms with Crippen LogP contribution in [-0.4, -0.2) is 97.6 Å². The van der Waals surface area contributed by atoms with Gasteiger partial charge in [-0.2, -0.15) is 0 Å². The Bertz CT molecular complexity index is 937. The van der Waals surface area contributed by atoms with E-state index in [1.54, 1.807) is 90.0 Å². The van der Waals surface area contributed by atoms with Crippen molar-refractivity contribution in [3.63, 3.8) is 0 Å².